The van der Waals surface area contributed by atoms with Gasteiger partial charge in [0.15, 0.2) is 0 Å². The molecule has 128 valence electrons. The molecule has 1 N–H and O–H groups in total. The lowest BCUT2D eigenvalue weighted by atomic mass is 10.1. The second-order valence-corrected chi connectivity index (χ2v) is 7.67. The molecule has 0 radical (unpaired) electrons. The van der Waals surface area contributed by atoms with E-state index in [0.29, 0.717) is 5.16 Å². The highest BCUT2D eigenvalue weighted by Gasteiger charge is 2.12. The summed E-state index contributed by atoms with van der Waals surface area (Å²) >= 11 is 3.53. The fourth-order valence-electron chi connectivity index (χ4n) is 2.15. The predicted molar refractivity (Wildman–Crippen MR) is 107 cm³/mol. The van der Waals surface area contributed by atoms with Crippen molar-refractivity contribution in [2.45, 2.75) is 19.0 Å². The summed E-state index contributed by atoms with van der Waals surface area (Å²) in [6, 6.07) is 13.7. The molecule has 0 unspecified atom stereocenters. The van der Waals surface area contributed by atoms with Crippen LogP contribution in [0.25, 0.3) is 5.69 Å². The number of hydrogen-bond acceptors (Lipinski definition) is 5. The highest BCUT2D eigenvalue weighted by molar-refractivity contribution is 14.1. The van der Waals surface area contributed by atoms with Gasteiger partial charge in [-0.1, -0.05) is 17.8 Å². The fraction of sp³-hybridized carbons (Fsp3) is 0.176. The number of nitrogens with zero attached hydrogens (tertiary/aromatic N) is 4. The molecule has 3 rings (SSSR count). The first-order chi connectivity index (χ1) is 12.0. The zero-order chi connectivity index (χ0) is 17.8. The van der Waals surface area contributed by atoms with Gasteiger partial charge in [-0.25, -0.2) is 0 Å². The third-order valence-corrected chi connectivity index (χ3v) is 5.27. The van der Waals surface area contributed by atoms with Gasteiger partial charge in [0, 0.05) is 9.26 Å². The van der Waals surface area contributed by atoms with Gasteiger partial charge in [-0.3, -0.25) is 4.79 Å². The van der Waals surface area contributed by atoms with E-state index in [1.165, 1.54) is 22.9 Å². The third-order valence-electron chi connectivity index (χ3n) is 3.64. The minimum Gasteiger partial charge on any atom is -0.325 e. The lowest BCUT2D eigenvalue weighted by Crippen LogP contribution is -2.14. The van der Waals surface area contributed by atoms with E-state index in [-0.39, 0.29) is 11.7 Å². The molecule has 1 heterocycles. The topological polar surface area (TPSA) is 72.7 Å². The molecule has 2 aromatic carbocycles. The summed E-state index contributed by atoms with van der Waals surface area (Å²) in [6.07, 6.45) is 0. The van der Waals surface area contributed by atoms with Crippen molar-refractivity contribution in [1.29, 1.82) is 0 Å². The number of carbonyl (C=O) groups excluding carboxylic acids is 1. The number of aryl methyl sites for hydroxylation is 2. The minimum atomic E-state index is -0.0964. The van der Waals surface area contributed by atoms with E-state index in [1.54, 1.807) is 4.68 Å². The Balaban J connectivity index is 1.66. The number of anilines is 1. The molecular formula is C17H16IN5OS. The van der Waals surface area contributed by atoms with Crippen LogP contribution in [0.3, 0.4) is 0 Å². The predicted octanol–water partition coefficient (Wildman–Crippen LogP) is 3.61. The van der Waals surface area contributed by atoms with Gasteiger partial charge >= 0.3 is 0 Å². The van der Waals surface area contributed by atoms with Gasteiger partial charge in [0.1, 0.15) is 0 Å². The molecule has 1 amide bonds. The number of tetrazole rings is 1. The van der Waals surface area contributed by atoms with Crippen molar-refractivity contribution in [2.24, 2.45) is 0 Å². The number of rotatable bonds is 5. The fourth-order valence-corrected chi connectivity index (χ4v) is 3.20. The Morgan fingerprint density at radius 3 is 2.64 bits per heavy atom. The van der Waals surface area contributed by atoms with Gasteiger partial charge in [0.25, 0.3) is 0 Å². The number of aromatic nitrogens is 4. The van der Waals surface area contributed by atoms with Gasteiger partial charge < -0.3 is 5.32 Å². The molecule has 0 fully saturated rings. The monoisotopic (exact) mass is 465 g/mol. The number of amides is 1. The normalized spacial score (nSPS) is 10.7. The number of benzene rings is 2. The zero-order valence-corrected chi connectivity index (χ0v) is 16.7. The lowest BCUT2D eigenvalue weighted by molar-refractivity contribution is -0.113. The van der Waals surface area contributed by atoms with Crippen molar-refractivity contribution in [3.05, 3.63) is 57.2 Å². The molecule has 8 heteroatoms. The number of halogens is 1. The Labute approximate surface area is 163 Å². The van der Waals surface area contributed by atoms with Crippen molar-refractivity contribution >= 4 is 45.9 Å². The molecule has 0 saturated carbocycles. The number of hydrogen-bond donors (Lipinski definition) is 1. The lowest BCUT2D eigenvalue weighted by Gasteiger charge is -2.07. The molecule has 25 heavy (non-hydrogen) atoms. The van der Waals surface area contributed by atoms with Gasteiger partial charge in [-0.15, -0.1) is 5.10 Å². The number of thioether (sulfide) groups is 1. The maximum Gasteiger partial charge on any atom is 0.234 e. The standard InChI is InChI=1S/C17H16IN5OS/c1-11-3-8-15(9-12(11)2)23-17(20-21-22-23)25-10-16(24)19-14-6-4-13(18)5-7-14/h3-9H,10H2,1-2H3,(H,19,24). The van der Waals surface area contributed by atoms with Crippen molar-refractivity contribution < 1.29 is 4.79 Å². The molecule has 1 aromatic heterocycles. The first kappa shape index (κ1) is 17.9. The Morgan fingerprint density at radius 1 is 1.16 bits per heavy atom. The van der Waals surface area contributed by atoms with E-state index in [2.05, 4.69) is 50.4 Å². The molecule has 3 aromatic rings. The molecule has 6 nitrogen and oxygen atoms in total. The van der Waals surface area contributed by atoms with Crippen LogP contribution in [0.4, 0.5) is 5.69 Å². The second-order valence-electron chi connectivity index (χ2n) is 5.49. The first-order valence-corrected chi connectivity index (χ1v) is 9.63. The third kappa shape index (κ3) is 4.57. The molecule has 0 aliphatic rings. The van der Waals surface area contributed by atoms with Gasteiger partial charge in [0.2, 0.25) is 11.1 Å². The van der Waals surface area contributed by atoms with Crippen LogP contribution in [0.5, 0.6) is 0 Å². The summed E-state index contributed by atoms with van der Waals surface area (Å²) in [6.45, 7) is 4.10. The summed E-state index contributed by atoms with van der Waals surface area (Å²) in [5, 5.41) is 15.2. The van der Waals surface area contributed by atoms with Gasteiger partial charge in [-0.2, -0.15) is 4.68 Å². The molecule has 0 aliphatic carbocycles. The van der Waals surface area contributed by atoms with E-state index in [1.807, 2.05) is 49.4 Å². The largest absolute Gasteiger partial charge is 0.325 e. The van der Waals surface area contributed by atoms with Crippen LogP contribution in [-0.4, -0.2) is 31.9 Å². The van der Waals surface area contributed by atoms with E-state index in [4.69, 9.17) is 0 Å². The maximum absolute atomic E-state index is 12.1. The Hall–Kier alpha value is -1.94. The van der Waals surface area contributed by atoms with Crippen LogP contribution in [0.1, 0.15) is 11.1 Å². The van der Waals surface area contributed by atoms with Crippen LogP contribution in [0, 0.1) is 17.4 Å². The van der Waals surface area contributed by atoms with Crippen LogP contribution >= 0.6 is 34.4 Å². The minimum absolute atomic E-state index is 0.0964. The summed E-state index contributed by atoms with van der Waals surface area (Å²) in [7, 11) is 0. The van der Waals surface area contributed by atoms with E-state index >= 15 is 0 Å². The molecule has 0 bridgehead atoms. The maximum atomic E-state index is 12.1. The number of nitrogens with one attached hydrogen (secondary N) is 1. The van der Waals surface area contributed by atoms with Crippen LogP contribution in [0.2, 0.25) is 0 Å². The zero-order valence-electron chi connectivity index (χ0n) is 13.7. The summed E-state index contributed by atoms with van der Waals surface area (Å²) < 4.78 is 2.77. The summed E-state index contributed by atoms with van der Waals surface area (Å²) in [5.41, 5.74) is 4.04. The summed E-state index contributed by atoms with van der Waals surface area (Å²) in [4.78, 5) is 12.1. The Morgan fingerprint density at radius 2 is 1.92 bits per heavy atom. The Kier molecular flexibility index (Phi) is 5.69. The molecule has 0 spiro atoms. The van der Waals surface area contributed by atoms with Crippen LogP contribution < -0.4 is 5.32 Å². The highest BCUT2D eigenvalue weighted by atomic mass is 127. The van der Waals surface area contributed by atoms with E-state index in [9.17, 15) is 4.79 Å². The van der Waals surface area contributed by atoms with Crippen LogP contribution in [0.15, 0.2) is 47.6 Å². The first-order valence-electron chi connectivity index (χ1n) is 7.57. The molecule has 0 saturated heterocycles. The van der Waals surface area contributed by atoms with Crippen molar-refractivity contribution in [2.75, 3.05) is 11.1 Å². The quantitative estimate of drug-likeness (QED) is 0.461. The van der Waals surface area contributed by atoms with Gasteiger partial charge in [-0.05, 0) is 94.4 Å². The van der Waals surface area contributed by atoms with Crippen molar-refractivity contribution in [3.63, 3.8) is 0 Å². The van der Waals surface area contributed by atoms with Crippen molar-refractivity contribution in [3.8, 4) is 5.69 Å². The Bertz CT molecular complexity index is 894. The van der Waals surface area contributed by atoms with Gasteiger partial charge in [0.05, 0.1) is 11.4 Å². The summed E-state index contributed by atoms with van der Waals surface area (Å²) in [5.74, 6) is 0.137. The second kappa shape index (κ2) is 7.96. The highest BCUT2D eigenvalue weighted by Crippen LogP contribution is 2.20. The van der Waals surface area contributed by atoms with Crippen LogP contribution in [-0.2, 0) is 4.79 Å². The molecular weight excluding hydrogens is 449 g/mol. The molecule has 0 atom stereocenters. The smallest absolute Gasteiger partial charge is 0.234 e. The number of carbonyl (C=O) groups is 1. The average molecular weight is 465 g/mol. The SMILES string of the molecule is Cc1ccc(-n2nnnc2SCC(=O)Nc2ccc(I)cc2)cc1C. The average Bonchev–Trinajstić information content (AvgIpc) is 3.06. The van der Waals surface area contributed by atoms with E-state index in [0.717, 1.165) is 14.9 Å². The van der Waals surface area contributed by atoms with E-state index < -0.39 is 0 Å². The van der Waals surface area contributed by atoms with Crippen molar-refractivity contribution in [1.82, 2.24) is 20.2 Å². The molecule has 0 aliphatic heterocycles.